The molecule has 0 aliphatic rings. The molecular formula is C29H37F3N2. The molecule has 0 saturated heterocycles. The first-order valence-electron chi connectivity index (χ1n) is 11.3. The van der Waals surface area contributed by atoms with Crippen molar-refractivity contribution < 1.29 is 13.2 Å². The molecule has 3 N–H and O–H groups in total. The number of nitrogens with one attached hydrogen (secondary N) is 1. The number of benzene rings is 2. The van der Waals surface area contributed by atoms with Crippen molar-refractivity contribution in [3.05, 3.63) is 107 Å². The molecule has 0 aromatic heterocycles. The first-order valence-corrected chi connectivity index (χ1v) is 11.3. The molecule has 2 nitrogen and oxygen atoms in total. The van der Waals surface area contributed by atoms with Gasteiger partial charge in [-0.15, -0.1) is 0 Å². The molecule has 2 rings (SSSR count). The minimum Gasteiger partial charge on any atom is -0.398 e. The van der Waals surface area contributed by atoms with E-state index in [1.54, 1.807) is 37.3 Å². The van der Waals surface area contributed by atoms with Crippen LogP contribution >= 0.6 is 0 Å². The number of nitrogens with two attached hydrogens (primary N) is 1. The van der Waals surface area contributed by atoms with Gasteiger partial charge in [-0.3, -0.25) is 0 Å². The largest absolute Gasteiger partial charge is 0.398 e. The fraction of sp³-hybridized carbons (Fsp3) is 0.310. The van der Waals surface area contributed by atoms with Crippen LogP contribution < -0.4 is 11.1 Å². The summed E-state index contributed by atoms with van der Waals surface area (Å²) in [4.78, 5) is 0. The molecule has 5 heteroatoms. The van der Waals surface area contributed by atoms with Crippen LogP contribution in [0, 0.1) is 35.7 Å². The molecule has 0 aliphatic carbocycles. The summed E-state index contributed by atoms with van der Waals surface area (Å²) in [6.07, 6.45) is 11.4. The third-order valence-corrected chi connectivity index (χ3v) is 5.46. The summed E-state index contributed by atoms with van der Waals surface area (Å²) in [6, 6.07) is 8.59. The van der Waals surface area contributed by atoms with E-state index in [-0.39, 0.29) is 16.8 Å². The van der Waals surface area contributed by atoms with Gasteiger partial charge in [0.25, 0.3) is 0 Å². The Morgan fingerprint density at radius 1 is 0.971 bits per heavy atom. The van der Waals surface area contributed by atoms with Crippen LogP contribution in [0.3, 0.4) is 0 Å². The molecule has 0 radical (unpaired) electrons. The van der Waals surface area contributed by atoms with Crippen LogP contribution in [-0.4, -0.2) is 7.05 Å². The summed E-state index contributed by atoms with van der Waals surface area (Å²) in [5.74, 6) is -0.940. The average molecular weight is 471 g/mol. The smallest absolute Gasteiger partial charge is 0.135 e. The Balaban J connectivity index is 0.000000350. The van der Waals surface area contributed by atoms with E-state index in [1.165, 1.54) is 18.2 Å². The van der Waals surface area contributed by atoms with Gasteiger partial charge in [0.1, 0.15) is 17.5 Å². The second kappa shape index (κ2) is 13.5. The zero-order valence-electron chi connectivity index (χ0n) is 21.2. The predicted octanol–water partition coefficient (Wildman–Crippen LogP) is 7.77. The lowest BCUT2D eigenvalue weighted by Crippen LogP contribution is -2.14. The molecule has 184 valence electrons. The van der Waals surface area contributed by atoms with Crippen molar-refractivity contribution in [1.29, 1.82) is 0 Å². The van der Waals surface area contributed by atoms with Gasteiger partial charge in [0.15, 0.2) is 0 Å². The van der Waals surface area contributed by atoms with Gasteiger partial charge in [-0.2, -0.15) is 0 Å². The third-order valence-electron chi connectivity index (χ3n) is 5.46. The summed E-state index contributed by atoms with van der Waals surface area (Å²) in [5.41, 5.74) is 8.96. The molecule has 0 heterocycles. The topological polar surface area (TPSA) is 38.0 Å². The molecule has 2 aromatic carbocycles. The highest BCUT2D eigenvalue weighted by molar-refractivity contribution is 5.67. The van der Waals surface area contributed by atoms with Gasteiger partial charge in [-0.25, -0.2) is 13.2 Å². The quantitative estimate of drug-likeness (QED) is 0.423. The summed E-state index contributed by atoms with van der Waals surface area (Å²) >= 11 is 0. The van der Waals surface area contributed by atoms with Gasteiger partial charge >= 0.3 is 0 Å². The maximum Gasteiger partial charge on any atom is 0.135 e. The van der Waals surface area contributed by atoms with E-state index in [1.807, 2.05) is 20.0 Å². The molecule has 0 aliphatic heterocycles. The molecule has 1 unspecified atom stereocenters. The van der Waals surface area contributed by atoms with Gasteiger partial charge in [0, 0.05) is 30.1 Å². The van der Waals surface area contributed by atoms with Crippen LogP contribution in [0.25, 0.3) is 11.4 Å². The van der Waals surface area contributed by atoms with Crippen molar-refractivity contribution in [2.45, 2.75) is 41.5 Å². The number of hydrogen-bond acceptors (Lipinski definition) is 2. The first-order chi connectivity index (χ1) is 15.9. The molecule has 0 spiro atoms. The highest BCUT2D eigenvalue weighted by atomic mass is 19.1. The van der Waals surface area contributed by atoms with E-state index in [0.29, 0.717) is 17.2 Å². The molecule has 2 aromatic rings. The Kier molecular flexibility index (Phi) is 11.4. The maximum absolute atomic E-state index is 13.4. The minimum atomic E-state index is -0.634. The number of halogens is 3. The molecule has 0 fully saturated rings. The number of hydrogen-bond donors (Lipinski definition) is 2. The van der Waals surface area contributed by atoms with E-state index in [2.05, 4.69) is 45.2 Å². The molecule has 0 bridgehead atoms. The average Bonchev–Trinajstić information content (AvgIpc) is 2.75. The molecule has 1 atom stereocenters. The van der Waals surface area contributed by atoms with Crippen molar-refractivity contribution in [3.63, 3.8) is 0 Å². The Bertz CT molecular complexity index is 1020. The molecular weight excluding hydrogens is 433 g/mol. The monoisotopic (exact) mass is 470 g/mol. The number of rotatable bonds is 6. The lowest BCUT2D eigenvalue weighted by molar-refractivity contribution is 0.314. The van der Waals surface area contributed by atoms with Crippen LogP contribution in [0.5, 0.6) is 0 Å². The second-order valence-electron chi connectivity index (χ2n) is 9.10. The second-order valence-corrected chi connectivity index (χ2v) is 9.10. The van der Waals surface area contributed by atoms with E-state index in [9.17, 15) is 13.2 Å². The van der Waals surface area contributed by atoms with Crippen LogP contribution in [0.15, 0.2) is 72.9 Å². The summed E-state index contributed by atoms with van der Waals surface area (Å²) in [7, 11) is 1.87. The minimum absolute atomic E-state index is 0.212. The van der Waals surface area contributed by atoms with Gasteiger partial charge in [0.2, 0.25) is 0 Å². The molecule has 0 amide bonds. The Labute approximate surface area is 202 Å². The van der Waals surface area contributed by atoms with Crippen LogP contribution in [-0.2, 0) is 0 Å². The van der Waals surface area contributed by atoms with Crippen molar-refractivity contribution in [2.75, 3.05) is 7.05 Å². The number of allylic oxidation sites excluding steroid dienone is 6. The third kappa shape index (κ3) is 9.34. The molecule has 0 saturated carbocycles. The van der Waals surface area contributed by atoms with Crippen molar-refractivity contribution >= 4 is 11.4 Å². The van der Waals surface area contributed by atoms with E-state index in [0.717, 1.165) is 17.3 Å². The van der Waals surface area contributed by atoms with Crippen LogP contribution in [0.2, 0.25) is 0 Å². The Morgan fingerprint density at radius 2 is 1.59 bits per heavy atom. The zero-order chi connectivity index (χ0) is 25.9. The SMILES string of the molecule is C/C=C\C=C(/N)c1c(C)cc(F)cc1F.CN/C(=C\C=C/C(C)C(C)(C)C)c1ccc(F)cc1. The van der Waals surface area contributed by atoms with Gasteiger partial charge < -0.3 is 11.1 Å². The predicted molar refractivity (Wildman–Crippen MR) is 139 cm³/mol. The van der Waals surface area contributed by atoms with E-state index >= 15 is 0 Å². The normalized spacial score (nSPS) is 13.7. The summed E-state index contributed by atoms with van der Waals surface area (Å²) < 4.78 is 39.1. The lowest BCUT2D eigenvalue weighted by atomic mass is 9.82. The fourth-order valence-corrected chi connectivity index (χ4v) is 2.91. The highest BCUT2D eigenvalue weighted by Crippen LogP contribution is 2.26. The van der Waals surface area contributed by atoms with E-state index in [4.69, 9.17) is 5.73 Å². The van der Waals surface area contributed by atoms with Crippen molar-refractivity contribution in [3.8, 4) is 0 Å². The van der Waals surface area contributed by atoms with Gasteiger partial charge in [-0.05, 0) is 66.7 Å². The fourth-order valence-electron chi connectivity index (χ4n) is 2.91. The first kappa shape index (κ1) is 28.8. The summed E-state index contributed by atoms with van der Waals surface area (Å²) in [6.45, 7) is 12.3. The Morgan fingerprint density at radius 3 is 2.09 bits per heavy atom. The maximum atomic E-state index is 13.4. The number of aryl methyl sites for hydroxylation is 1. The van der Waals surface area contributed by atoms with Gasteiger partial charge in [0.05, 0.1) is 0 Å². The highest BCUT2D eigenvalue weighted by Gasteiger charge is 2.16. The molecule has 34 heavy (non-hydrogen) atoms. The van der Waals surface area contributed by atoms with Crippen LogP contribution in [0.1, 0.15) is 51.3 Å². The van der Waals surface area contributed by atoms with Gasteiger partial charge in [-0.1, -0.05) is 64.1 Å². The Hall–Kier alpha value is -3.21. The lowest BCUT2D eigenvalue weighted by Gasteiger charge is -2.23. The van der Waals surface area contributed by atoms with Crippen molar-refractivity contribution in [1.82, 2.24) is 5.32 Å². The zero-order valence-corrected chi connectivity index (χ0v) is 21.2. The standard InChI is InChI=1S/C17H24FN.C12H13F2N/c1-13(17(2,3)4)7-6-8-16(19-5)14-9-11-15(18)12-10-14;1-3-4-5-11(15)12-8(2)6-9(13)7-10(12)14/h6-13,19H,1-5H3;3-7H,15H2,1-2H3/b7-6-,16-8-;4-3-,11-5-. The summed E-state index contributed by atoms with van der Waals surface area (Å²) in [5, 5.41) is 3.14. The van der Waals surface area contributed by atoms with Crippen molar-refractivity contribution in [2.24, 2.45) is 17.1 Å². The van der Waals surface area contributed by atoms with E-state index < -0.39 is 11.6 Å². The van der Waals surface area contributed by atoms with Crippen LogP contribution in [0.4, 0.5) is 13.2 Å².